The van der Waals surface area contributed by atoms with E-state index >= 15 is 0 Å². The first-order valence-electron chi connectivity index (χ1n) is 8.72. The minimum Gasteiger partial charge on any atom is -0.481 e. The van der Waals surface area contributed by atoms with Crippen LogP contribution in [0.5, 0.6) is 0 Å². The van der Waals surface area contributed by atoms with Crippen molar-refractivity contribution in [3.05, 3.63) is 0 Å². The van der Waals surface area contributed by atoms with Gasteiger partial charge in [-0.2, -0.15) is 0 Å². The van der Waals surface area contributed by atoms with E-state index in [0.717, 1.165) is 24.9 Å². The zero-order valence-corrected chi connectivity index (χ0v) is 12.6. The monoisotopic (exact) mass is 279 g/mol. The Balaban J connectivity index is 1.65. The van der Waals surface area contributed by atoms with E-state index < -0.39 is 5.97 Å². The van der Waals surface area contributed by atoms with Gasteiger partial charge in [0.05, 0.1) is 5.92 Å². The summed E-state index contributed by atoms with van der Waals surface area (Å²) in [5, 5.41) is 9.13. The highest BCUT2D eigenvalue weighted by atomic mass is 16.4. The Labute approximate surface area is 122 Å². The third kappa shape index (κ3) is 3.03. The van der Waals surface area contributed by atoms with Crippen LogP contribution in [0.15, 0.2) is 0 Å². The molecule has 0 bridgehead atoms. The molecule has 0 spiro atoms. The standard InChI is InChI=1S/C17H29NO2/c19-17(20)15-11-18(12-15)16(13-7-3-1-4-8-13)14-9-5-2-6-10-14/h13-16H,1-12H2,(H,19,20). The van der Waals surface area contributed by atoms with Gasteiger partial charge in [0, 0.05) is 19.1 Å². The van der Waals surface area contributed by atoms with Gasteiger partial charge in [-0.05, 0) is 37.5 Å². The minimum atomic E-state index is -0.590. The number of rotatable bonds is 4. The summed E-state index contributed by atoms with van der Waals surface area (Å²) in [4.78, 5) is 13.6. The quantitative estimate of drug-likeness (QED) is 0.856. The Morgan fingerprint density at radius 2 is 1.30 bits per heavy atom. The molecule has 0 aromatic rings. The average molecular weight is 279 g/mol. The van der Waals surface area contributed by atoms with Crippen molar-refractivity contribution in [2.75, 3.05) is 13.1 Å². The molecule has 0 radical (unpaired) electrons. The highest BCUT2D eigenvalue weighted by Gasteiger charge is 2.43. The van der Waals surface area contributed by atoms with Crippen LogP contribution in [0.3, 0.4) is 0 Å². The van der Waals surface area contributed by atoms with E-state index in [1.807, 2.05) is 0 Å². The first-order valence-corrected chi connectivity index (χ1v) is 8.72. The molecule has 1 N–H and O–H groups in total. The van der Waals surface area contributed by atoms with Crippen LogP contribution in [-0.2, 0) is 4.79 Å². The smallest absolute Gasteiger partial charge is 0.309 e. The maximum absolute atomic E-state index is 11.1. The fraction of sp³-hybridized carbons (Fsp3) is 0.941. The predicted octanol–water partition coefficient (Wildman–Crippen LogP) is 3.53. The lowest BCUT2D eigenvalue weighted by Gasteiger charge is -2.50. The van der Waals surface area contributed by atoms with E-state index in [2.05, 4.69) is 4.90 Å². The fourth-order valence-corrected chi connectivity index (χ4v) is 4.84. The van der Waals surface area contributed by atoms with Gasteiger partial charge in [-0.1, -0.05) is 38.5 Å². The van der Waals surface area contributed by atoms with Gasteiger partial charge in [0.15, 0.2) is 0 Å². The van der Waals surface area contributed by atoms with Crippen molar-refractivity contribution in [1.29, 1.82) is 0 Å². The van der Waals surface area contributed by atoms with E-state index in [-0.39, 0.29) is 5.92 Å². The molecule has 1 aliphatic heterocycles. The predicted molar refractivity (Wildman–Crippen MR) is 79.6 cm³/mol. The molecule has 3 rings (SSSR count). The van der Waals surface area contributed by atoms with Gasteiger partial charge in [-0.3, -0.25) is 9.69 Å². The number of carboxylic acid groups (broad SMARTS) is 1. The third-order valence-corrected chi connectivity index (χ3v) is 5.95. The van der Waals surface area contributed by atoms with Crippen LogP contribution in [0.4, 0.5) is 0 Å². The lowest BCUT2D eigenvalue weighted by Crippen LogP contribution is -2.59. The van der Waals surface area contributed by atoms with Crippen molar-refractivity contribution in [2.24, 2.45) is 17.8 Å². The van der Waals surface area contributed by atoms with E-state index in [1.165, 1.54) is 64.2 Å². The molecule has 0 atom stereocenters. The van der Waals surface area contributed by atoms with Gasteiger partial charge in [-0.15, -0.1) is 0 Å². The van der Waals surface area contributed by atoms with Gasteiger partial charge in [0.1, 0.15) is 0 Å². The van der Waals surface area contributed by atoms with Crippen LogP contribution in [0.1, 0.15) is 64.2 Å². The lowest BCUT2D eigenvalue weighted by molar-refractivity contribution is -0.150. The Kier molecular flexibility index (Phi) is 4.65. The molecular weight excluding hydrogens is 250 g/mol. The average Bonchev–Trinajstić information content (AvgIpc) is 2.43. The minimum absolute atomic E-state index is 0.0929. The van der Waals surface area contributed by atoms with Crippen molar-refractivity contribution >= 4 is 5.97 Å². The highest BCUT2D eigenvalue weighted by Crippen LogP contribution is 2.40. The molecule has 3 heteroatoms. The van der Waals surface area contributed by atoms with E-state index in [4.69, 9.17) is 5.11 Å². The summed E-state index contributed by atoms with van der Waals surface area (Å²) < 4.78 is 0. The molecule has 0 amide bonds. The number of hydrogen-bond donors (Lipinski definition) is 1. The van der Waals surface area contributed by atoms with Crippen molar-refractivity contribution in [3.63, 3.8) is 0 Å². The molecule has 2 saturated carbocycles. The molecule has 3 nitrogen and oxygen atoms in total. The van der Waals surface area contributed by atoms with E-state index in [0.29, 0.717) is 6.04 Å². The number of aliphatic carboxylic acids is 1. The molecule has 0 aromatic heterocycles. The van der Waals surface area contributed by atoms with Crippen LogP contribution in [0.25, 0.3) is 0 Å². The summed E-state index contributed by atoms with van der Waals surface area (Å²) in [5.41, 5.74) is 0. The molecule has 114 valence electrons. The van der Waals surface area contributed by atoms with Crippen LogP contribution in [0, 0.1) is 17.8 Å². The van der Waals surface area contributed by atoms with E-state index in [9.17, 15) is 4.79 Å². The number of hydrogen-bond acceptors (Lipinski definition) is 2. The molecule has 0 aromatic carbocycles. The molecule has 0 unspecified atom stereocenters. The fourth-order valence-electron chi connectivity index (χ4n) is 4.84. The Morgan fingerprint density at radius 1 is 0.850 bits per heavy atom. The van der Waals surface area contributed by atoms with Crippen molar-refractivity contribution < 1.29 is 9.90 Å². The topological polar surface area (TPSA) is 40.5 Å². The van der Waals surface area contributed by atoms with Gasteiger partial charge in [0.2, 0.25) is 0 Å². The largest absolute Gasteiger partial charge is 0.481 e. The molecule has 20 heavy (non-hydrogen) atoms. The SMILES string of the molecule is O=C(O)C1CN(C(C2CCCCC2)C2CCCCC2)C1. The summed E-state index contributed by atoms with van der Waals surface area (Å²) in [6.07, 6.45) is 13.9. The molecule has 1 saturated heterocycles. The van der Waals surface area contributed by atoms with Gasteiger partial charge in [-0.25, -0.2) is 0 Å². The van der Waals surface area contributed by atoms with Crippen molar-refractivity contribution in [2.45, 2.75) is 70.3 Å². The Morgan fingerprint density at radius 3 is 1.70 bits per heavy atom. The van der Waals surface area contributed by atoms with E-state index in [1.54, 1.807) is 0 Å². The molecule has 3 fully saturated rings. The van der Waals surface area contributed by atoms with Crippen molar-refractivity contribution in [3.8, 4) is 0 Å². The van der Waals surface area contributed by atoms with Gasteiger partial charge in [0.25, 0.3) is 0 Å². The maximum Gasteiger partial charge on any atom is 0.309 e. The molecule has 3 aliphatic rings. The lowest BCUT2D eigenvalue weighted by atomic mass is 9.72. The second-order valence-electron chi connectivity index (χ2n) is 7.28. The number of carbonyl (C=O) groups is 1. The maximum atomic E-state index is 11.1. The normalized spacial score (nSPS) is 27.6. The second-order valence-corrected chi connectivity index (χ2v) is 7.28. The summed E-state index contributed by atoms with van der Waals surface area (Å²) in [5.74, 6) is 1.01. The number of likely N-dealkylation sites (tertiary alicyclic amines) is 1. The first-order chi connectivity index (χ1) is 9.75. The van der Waals surface area contributed by atoms with Crippen LogP contribution >= 0.6 is 0 Å². The summed E-state index contributed by atoms with van der Waals surface area (Å²) in [6.45, 7) is 1.62. The zero-order valence-electron chi connectivity index (χ0n) is 12.6. The second kappa shape index (κ2) is 6.46. The molecule has 2 aliphatic carbocycles. The van der Waals surface area contributed by atoms with Crippen molar-refractivity contribution in [1.82, 2.24) is 4.90 Å². The van der Waals surface area contributed by atoms with Gasteiger partial charge >= 0.3 is 5.97 Å². The number of nitrogens with zero attached hydrogens (tertiary/aromatic N) is 1. The summed E-state index contributed by atoms with van der Waals surface area (Å²) in [6, 6.07) is 0.700. The molecular formula is C17H29NO2. The number of carboxylic acids is 1. The Bertz CT molecular complexity index is 308. The van der Waals surface area contributed by atoms with Crippen LogP contribution < -0.4 is 0 Å². The molecule has 1 heterocycles. The van der Waals surface area contributed by atoms with Gasteiger partial charge < -0.3 is 5.11 Å². The Hall–Kier alpha value is -0.570. The summed E-state index contributed by atoms with van der Waals surface area (Å²) >= 11 is 0. The zero-order chi connectivity index (χ0) is 13.9. The van der Waals surface area contributed by atoms with Crippen LogP contribution in [-0.4, -0.2) is 35.1 Å². The first kappa shape index (κ1) is 14.4. The summed E-state index contributed by atoms with van der Waals surface area (Å²) in [7, 11) is 0. The highest BCUT2D eigenvalue weighted by molar-refractivity contribution is 5.71. The van der Waals surface area contributed by atoms with Crippen LogP contribution in [0.2, 0.25) is 0 Å². The third-order valence-electron chi connectivity index (χ3n) is 5.95.